The summed E-state index contributed by atoms with van der Waals surface area (Å²) < 4.78 is 1.88. The fourth-order valence-electron chi connectivity index (χ4n) is 1.18. The van der Waals surface area contributed by atoms with Crippen LogP contribution in [-0.2, 0) is 18.3 Å². The number of carbonyl (C=O) groups excluding carboxylic acids is 1. The molecule has 0 amide bonds. The summed E-state index contributed by atoms with van der Waals surface area (Å²) in [6.07, 6.45) is 6.52. The van der Waals surface area contributed by atoms with Crippen LogP contribution < -0.4 is 0 Å². The van der Waals surface area contributed by atoms with Gasteiger partial charge in [0.2, 0.25) is 0 Å². The predicted molar refractivity (Wildman–Crippen MR) is 46.8 cm³/mol. The van der Waals surface area contributed by atoms with Crippen LogP contribution in [0.15, 0.2) is 12.3 Å². The van der Waals surface area contributed by atoms with Gasteiger partial charge in [0.05, 0.1) is 0 Å². The van der Waals surface area contributed by atoms with Gasteiger partial charge in [0.15, 0.2) is 0 Å². The van der Waals surface area contributed by atoms with E-state index in [9.17, 15) is 4.79 Å². The molecule has 66 valence electrons. The summed E-state index contributed by atoms with van der Waals surface area (Å²) in [6, 6.07) is 2.01. The molecular weight excluding hydrogens is 152 g/mol. The maximum Gasteiger partial charge on any atom is 0.119 e. The summed E-state index contributed by atoms with van der Waals surface area (Å²) in [5.74, 6) is 0. The van der Waals surface area contributed by atoms with Crippen molar-refractivity contribution in [2.75, 3.05) is 0 Å². The highest BCUT2D eigenvalue weighted by molar-refractivity contribution is 5.48. The predicted octanol–water partition coefficient (Wildman–Crippen LogP) is 1.33. The molecule has 0 aromatic carbocycles. The first-order chi connectivity index (χ1) is 5.84. The molecule has 0 unspecified atom stereocenters. The highest BCUT2D eigenvalue weighted by Gasteiger charge is 1.96. The molecule has 1 aromatic rings. The van der Waals surface area contributed by atoms with Crippen LogP contribution in [-0.4, -0.2) is 16.1 Å². The van der Waals surface area contributed by atoms with Gasteiger partial charge >= 0.3 is 0 Å². The van der Waals surface area contributed by atoms with Crippen molar-refractivity contribution in [2.24, 2.45) is 7.05 Å². The van der Waals surface area contributed by atoms with Crippen LogP contribution >= 0.6 is 0 Å². The molecular formula is C9H14N2O. The van der Waals surface area contributed by atoms with Gasteiger partial charge in [-0.15, -0.1) is 0 Å². The van der Waals surface area contributed by atoms with Crippen LogP contribution in [0, 0.1) is 0 Å². The number of aromatic nitrogens is 2. The monoisotopic (exact) mass is 166 g/mol. The molecule has 0 atom stereocenters. The van der Waals surface area contributed by atoms with Crippen molar-refractivity contribution in [1.29, 1.82) is 0 Å². The molecule has 0 aliphatic carbocycles. The molecule has 0 aliphatic heterocycles. The van der Waals surface area contributed by atoms with Gasteiger partial charge in [-0.05, 0) is 25.3 Å². The van der Waals surface area contributed by atoms with Gasteiger partial charge in [0.1, 0.15) is 6.29 Å². The fourth-order valence-corrected chi connectivity index (χ4v) is 1.18. The standard InChI is InChI=1S/C9H14N2O/c1-11-9(6-7-10-11)5-3-2-4-8-12/h6-8H,2-5H2,1H3. The lowest BCUT2D eigenvalue weighted by atomic mass is 10.1. The largest absolute Gasteiger partial charge is 0.303 e. The van der Waals surface area contributed by atoms with E-state index in [1.807, 2.05) is 17.8 Å². The first-order valence-corrected chi connectivity index (χ1v) is 4.25. The summed E-state index contributed by atoms with van der Waals surface area (Å²) in [6.45, 7) is 0. The van der Waals surface area contributed by atoms with E-state index in [1.165, 1.54) is 5.69 Å². The SMILES string of the molecule is Cn1nccc1CCCCC=O. The van der Waals surface area contributed by atoms with Crippen LogP contribution in [0.4, 0.5) is 0 Å². The molecule has 0 radical (unpaired) electrons. The van der Waals surface area contributed by atoms with Crippen molar-refractivity contribution >= 4 is 6.29 Å². The molecule has 0 N–H and O–H groups in total. The third-order valence-corrected chi connectivity index (χ3v) is 1.93. The molecule has 0 bridgehead atoms. The van der Waals surface area contributed by atoms with Crippen molar-refractivity contribution in [3.8, 4) is 0 Å². The zero-order chi connectivity index (χ0) is 8.81. The Labute approximate surface area is 72.4 Å². The molecule has 0 saturated carbocycles. The zero-order valence-electron chi connectivity index (χ0n) is 7.36. The first kappa shape index (κ1) is 8.97. The average molecular weight is 166 g/mol. The van der Waals surface area contributed by atoms with E-state index in [1.54, 1.807) is 6.20 Å². The average Bonchev–Trinajstić information content (AvgIpc) is 2.46. The number of aryl methyl sites for hydroxylation is 2. The summed E-state index contributed by atoms with van der Waals surface area (Å²) >= 11 is 0. The van der Waals surface area contributed by atoms with E-state index in [0.29, 0.717) is 6.42 Å². The second-order valence-corrected chi connectivity index (χ2v) is 2.86. The third kappa shape index (κ3) is 2.49. The lowest BCUT2D eigenvalue weighted by Gasteiger charge is -1.99. The van der Waals surface area contributed by atoms with Crippen molar-refractivity contribution in [3.63, 3.8) is 0 Å². The van der Waals surface area contributed by atoms with E-state index in [4.69, 9.17) is 0 Å². The van der Waals surface area contributed by atoms with Gasteiger partial charge in [-0.25, -0.2) is 0 Å². The van der Waals surface area contributed by atoms with Gasteiger partial charge in [0.25, 0.3) is 0 Å². The smallest absolute Gasteiger partial charge is 0.119 e. The maximum atomic E-state index is 10.0. The number of nitrogens with zero attached hydrogens (tertiary/aromatic N) is 2. The molecule has 0 aliphatic rings. The van der Waals surface area contributed by atoms with E-state index in [-0.39, 0.29) is 0 Å². The summed E-state index contributed by atoms with van der Waals surface area (Å²) in [4.78, 5) is 10.0. The Balaban J connectivity index is 2.24. The summed E-state index contributed by atoms with van der Waals surface area (Å²) in [7, 11) is 1.94. The number of carbonyl (C=O) groups is 1. The van der Waals surface area contributed by atoms with Gasteiger partial charge in [-0.3, -0.25) is 4.68 Å². The lowest BCUT2D eigenvalue weighted by molar-refractivity contribution is -0.107. The van der Waals surface area contributed by atoms with Crippen molar-refractivity contribution in [2.45, 2.75) is 25.7 Å². The number of aldehydes is 1. The Morgan fingerprint density at radius 1 is 1.58 bits per heavy atom. The number of hydrogen-bond acceptors (Lipinski definition) is 2. The van der Waals surface area contributed by atoms with Crippen LogP contribution in [0.1, 0.15) is 25.0 Å². The Morgan fingerprint density at radius 3 is 3.00 bits per heavy atom. The highest BCUT2D eigenvalue weighted by atomic mass is 16.1. The second kappa shape index (κ2) is 4.70. The van der Waals surface area contributed by atoms with Gasteiger partial charge in [-0.2, -0.15) is 5.10 Å². The normalized spacial score (nSPS) is 10.1. The van der Waals surface area contributed by atoms with E-state index >= 15 is 0 Å². The third-order valence-electron chi connectivity index (χ3n) is 1.93. The van der Waals surface area contributed by atoms with E-state index in [0.717, 1.165) is 25.5 Å². The Bertz CT molecular complexity index is 242. The van der Waals surface area contributed by atoms with Gasteiger partial charge in [0, 0.05) is 25.4 Å². The molecule has 0 spiro atoms. The molecule has 12 heavy (non-hydrogen) atoms. The van der Waals surface area contributed by atoms with Crippen LogP contribution in [0.5, 0.6) is 0 Å². The van der Waals surface area contributed by atoms with Gasteiger partial charge < -0.3 is 4.79 Å². The van der Waals surface area contributed by atoms with Gasteiger partial charge in [-0.1, -0.05) is 0 Å². The molecule has 3 nitrogen and oxygen atoms in total. The Morgan fingerprint density at radius 2 is 2.42 bits per heavy atom. The van der Waals surface area contributed by atoms with Crippen molar-refractivity contribution in [3.05, 3.63) is 18.0 Å². The van der Waals surface area contributed by atoms with Crippen molar-refractivity contribution < 1.29 is 4.79 Å². The quantitative estimate of drug-likeness (QED) is 0.488. The first-order valence-electron chi connectivity index (χ1n) is 4.25. The number of rotatable bonds is 5. The second-order valence-electron chi connectivity index (χ2n) is 2.86. The minimum atomic E-state index is 0.678. The molecule has 1 rings (SSSR count). The molecule has 1 heterocycles. The lowest BCUT2D eigenvalue weighted by Crippen LogP contribution is -1.97. The van der Waals surface area contributed by atoms with E-state index in [2.05, 4.69) is 5.10 Å². The molecule has 3 heteroatoms. The van der Waals surface area contributed by atoms with Crippen LogP contribution in [0.3, 0.4) is 0 Å². The summed E-state index contributed by atoms with van der Waals surface area (Å²) in [5, 5.41) is 4.06. The molecule has 0 saturated heterocycles. The minimum Gasteiger partial charge on any atom is -0.303 e. The van der Waals surface area contributed by atoms with Crippen molar-refractivity contribution in [1.82, 2.24) is 9.78 Å². The minimum absolute atomic E-state index is 0.678. The Kier molecular flexibility index (Phi) is 3.51. The van der Waals surface area contributed by atoms with Crippen LogP contribution in [0.2, 0.25) is 0 Å². The molecule has 0 fully saturated rings. The fraction of sp³-hybridized carbons (Fsp3) is 0.556. The van der Waals surface area contributed by atoms with E-state index < -0.39 is 0 Å². The topological polar surface area (TPSA) is 34.9 Å². The maximum absolute atomic E-state index is 10.0. The van der Waals surface area contributed by atoms with Crippen LogP contribution in [0.25, 0.3) is 0 Å². The Hall–Kier alpha value is -1.12. The zero-order valence-corrected chi connectivity index (χ0v) is 7.36. The summed E-state index contributed by atoms with van der Waals surface area (Å²) in [5.41, 5.74) is 1.24. The number of unbranched alkanes of at least 4 members (excludes halogenated alkanes) is 2. The number of hydrogen-bond donors (Lipinski definition) is 0. The highest BCUT2D eigenvalue weighted by Crippen LogP contribution is 2.03. The molecule has 1 aromatic heterocycles.